The molecule has 2 atom stereocenters. The summed E-state index contributed by atoms with van der Waals surface area (Å²) in [6.45, 7) is 7.21. The third-order valence-electron chi connectivity index (χ3n) is 3.96. The third kappa shape index (κ3) is 4.08. The lowest BCUT2D eigenvalue weighted by Gasteiger charge is -2.39. The number of hydrogen-bond acceptors (Lipinski definition) is 4. The second kappa shape index (κ2) is 7.45. The van der Waals surface area contributed by atoms with E-state index < -0.39 is 0 Å². The standard InChI is InChI=1S/C15H25N3O2/c1-3-12-10-18(13(4-2)8-16-12)11-15(19)17-9-14-6-5-7-20-14/h5-7,12-13,16H,3-4,8-11H2,1-2H3,(H,17,19). The van der Waals surface area contributed by atoms with Crippen LogP contribution in [0, 0.1) is 0 Å². The van der Waals surface area contributed by atoms with Gasteiger partial charge in [0.25, 0.3) is 0 Å². The van der Waals surface area contributed by atoms with E-state index in [4.69, 9.17) is 4.42 Å². The highest BCUT2D eigenvalue weighted by Gasteiger charge is 2.27. The number of nitrogens with zero attached hydrogens (tertiary/aromatic N) is 1. The lowest BCUT2D eigenvalue weighted by atomic mass is 10.1. The average molecular weight is 279 g/mol. The van der Waals surface area contributed by atoms with Gasteiger partial charge in [-0.05, 0) is 25.0 Å². The highest BCUT2D eigenvalue weighted by Crippen LogP contribution is 2.11. The molecule has 2 rings (SSSR count). The lowest BCUT2D eigenvalue weighted by molar-refractivity contribution is -0.123. The van der Waals surface area contributed by atoms with E-state index >= 15 is 0 Å². The molecule has 1 fully saturated rings. The molecule has 1 aromatic rings. The van der Waals surface area contributed by atoms with Crippen molar-refractivity contribution >= 4 is 5.91 Å². The molecule has 2 unspecified atom stereocenters. The third-order valence-corrected chi connectivity index (χ3v) is 3.96. The Hall–Kier alpha value is -1.33. The van der Waals surface area contributed by atoms with Gasteiger partial charge in [-0.15, -0.1) is 0 Å². The summed E-state index contributed by atoms with van der Waals surface area (Å²) >= 11 is 0. The Morgan fingerprint density at radius 2 is 2.35 bits per heavy atom. The molecule has 1 aromatic heterocycles. The number of hydrogen-bond donors (Lipinski definition) is 2. The summed E-state index contributed by atoms with van der Waals surface area (Å²) in [4.78, 5) is 14.3. The normalized spacial score (nSPS) is 23.7. The molecule has 112 valence electrons. The second-order valence-corrected chi connectivity index (χ2v) is 5.36. The van der Waals surface area contributed by atoms with Crippen molar-refractivity contribution in [1.29, 1.82) is 0 Å². The zero-order valence-electron chi connectivity index (χ0n) is 12.4. The molecular weight excluding hydrogens is 254 g/mol. The van der Waals surface area contributed by atoms with Gasteiger partial charge in [0.2, 0.25) is 5.91 Å². The van der Waals surface area contributed by atoms with Crippen molar-refractivity contribution in [3.8, 4) is 0 Å². The molecule has 2 N–H and O–H groups in total. The van der Waals surface area contributed by atoms with E-state index in [0.717, 1.165) is 31.7 Å². The maximum absolute atomic E-state index is 12.0. The molecule has 1 amide bonds. The summed E-state index contributed by atoms with van der Waals surface area (Å²) in [5.74, 6) is 0.855. The molecule has 1 aliphatic rings. The summed E-state index contributed by atoms with van der Waals surface area (Å²) in [5, 5.41) is 6.45. The molecule has 0 saturated carbocycles. The minimum absolute atomic E-state index is 0.0663. The average Bonchev–Trinajstić information content (AvgIpc) is 2.98. The van der Waals surface area contributed by atoms with Crippen LogP contribution >= 0.6 is 0 Å². The van der Waals surface area contributed by atoms with E-state index in [1.54, 1.807) is 6.26 Å². The largest absolute Gasteiger partial charge is 0.467 e. The summed E-state index contributed by atoms with van der Waals surface area (Å²) in [5.41, 5.74) is 0. The zero-order chi connectivity index (χ0) is 14.4. The van der Waals surface area contributed by atoms with Gasteiger partial charge in [0.15, 0.2) is 0 Å². The topological polar surface area (TPSA) is 57.5 Å². The molecule has 0 radical (unpaired) electrons. The predicted molar refractivity (Wildman–Crippen MR) is 78.3 cm³/mol. The molecule has 0 spiro atoms. The summed E-state index contributed by atoms with van der Waals surface area (Å²) in [7, 11) is 0. The predicted octanol–water partition coefficient (Wildman–Crippen LogP) is 1.36. The Bertz CT molecular complexity index is 405. The molecule has 0 bridgehead atoms. The monoisotopic (exact) mass is 279 g/mol. The summed E-state index contributed by atoms with van der Waals surface area (Å²) < 4.78 is 5.21. The minimum atomic E-state index is 0.0663. The van der Waals surface area contributed by atoms with E-state index in [0.29, 0.717) is 25.2 Å². The van der Waals surface area contributed by atoms with Crippen molar-refractivity contribution in [3.63, 3.8) is 0 Å². The van der Waals surface area contributed by atoms with Gasteiger partial charge in [-0.2, -0.15) is 0 Å². The van der Waals surface area contributed by atoms with Crippen LogP contribution in [-0.4, -0.2) is 42.5 Å². The molecule has 5 nitrogen and oxygen atoms in total. The minimum Gasteiger partial charge on any atom is -0.467 e. The van der Waals surface area contributed by atoms with Crippen LogP contribution in [0.25, 0.3) is 0 Å². The van der Waals surface area contributed by atoms with Gasteiger partial charge in [0, 0.05) is 25.2 Å². The number of amides is 1. The van der Waals surface area contributed by atoms with Crippen molar-refractivity contribution in [2.75, 3.05) is 19.6 Å². The van der Waals surface area contributed by atoms with Crippen LogP contribution in [0.3, 0.4) is 0 Å². The molecule has 2 heterocycles. The van der Waals surface area contributed by atoms with Crippen molar-refractivity contribution in [3.05, 3.63) is 24.2 Å². The van der Waals surface area contributed by atoms with E-state index in [1.165, 1.54) is 0 Å². The Morgan fingerprint density at radius 3 is 3.00 bits per heavy atom. The smallest absolute Gasteiger partial charge is 0.234 e. The number of nitrogens with one attached hydrogen (secondary N) is 2. The van der Waals surface area contributed by atoms with Gasteiger partial charge in [0.1, 0.15) is 5.76 Å². The molecular formula is C15H25N3O2. The number of rotatable bonds is 6. The van der Waals surface area contributed by atoms with Crippen molar-refractivity contribution in [2.24, 2.45) is 0 Å². The first-order chi connectivity index (χ1) is 9.72. The Kier molecular flexibility index (Phi) is 5.61. The highest BCUT2D eigenvalue weighted by atomic mass is 16.3. The van der Waals surface area contributed by atoms with E-state index in [-0.39, 0.29) is 5.91 Å². The maximum atomic E-state index is 12.0. The molecule has 20 heavy (non-hydrogen) atoms. The fraction of sp³-hybridized carbons (Fsp3) is 0.667. The van der Waals surface area contributed by atoms with Crippen LogP contribution in [-0.2, 0) is 11.3 Å². The van der Waals surface area contributed by atoms with Gasteiger partial charge in [0.05, 0.1) is 19.4 Å². The van der Waals surface area contributed by atoms with Crippen LogP contribution < -0.4 is 10.6 Å². The zero-order valence-corrected chi connectivity index (χ0v) is 12.4. The summed E-state index contributed by atoms with van der Waals surface area (Å²) in [6.07, 6.45) is 3.78. The first-order valence-electron chi connectivity index (χ1n) is 7.49. The van der Waals surface area contributed by atoms with Crippen LogP contribution in [0.5, 0.6) is 0 Å². The van der Waals surface area contributed by atoms with Crippen LogP contribution in [0.2, 0.25) is 0 Å². The number of furan rings is 1. The first kappa shape index (κ1) is 15.1. The number of carbonyl (C=O) groups is 1. The fourth-order valence-corrected chi connectivity index (χ4v) is 2.64. The number of piperazine rings is 1. The Morgan fingerprint density at radius 1 is 1.50 bits per heavy atom. The Balaban J connectivity index is 1.81. The second-order valence-electron chi connectivity index (χ2n) is 5.36. The van der Waals surface area contributed by atoms with E-state index in [1.807, 2.05) is 12.1 Å². The highest BCUT2D eigenvalue weighted by molar-refractivity contribution is 5.78. The number of carbonyl (C=O) groups excluding carboxylic acids is 1. The van der Waals surface area contributed by atoms with Crippen molar-refractivity contribution in [1.82, 2.24) is 15.5 Å². The van der Waals surface area contributed by atoms with E-state index in [2.05, 4.69) is 29.4 Å². The van der Waals surface area contributed by atoms with Gasteiger partial charge in [-0.1, -0.05) is 13.8 Å². The summed E-state index contributed by atoms with van der Waals surface area (Å²) in [6, 6.07) is 4.65. The van der Waals surface area contributed by atoms with Crippen molar-refractivity contribution < 1.29 is 9.21 Å². The molecule has 0 aliphatic carbocycles. The van der Waals surface area contributed by atoms with Gasteiger partial charge < -0.3 is 15.1 Å². The quantitative estimate of drug-likeness (QED) is 0.825. The molecule has 1 aliphatic heterocycles. The van der Waals surface area contributed by atoms with Gasteiger partial charge in [-0.25, -0.2) is 0 Å². The van der Waals surface area contributed by atoms with Gasteiger partial charge >= 0.3 is 0 Å². The van der Waals surface area contributed by atoms with Crippen molar-refractivity contribution in [2.45, 2.75) is 45.3 Å². The molecule has 1 saturated heterocycles. The fourth-order valence-electron chi connectivity index (χ4n) is 2.64. The first-order valence-corrected chi connectivity index (χ1v) is 7.49. The molecule has 5 heteroatoms. The van der Waals surface area contributed by atoms with Gasteiger partial charge in [-0.3, -0.25) is 9.69 Å². The van der Waals surface area contributed by atoms with Crippen LogP contribution in [0.15, 0.2) is 22.8 Å². The maximum Gasteiger partial charge on any atom is 0.234 e. The van der Waals surface area contributed by atoms with E-state index in [9.17, 15) is 4.79 Å². The van der Waals surface area contributed by atoms with Crippen LogP contribution in [0.1, 0.15) is 32.4 Å². The van der Waals surface area contributed by atoms with Crippen LogP contribution in [0.4, 0.5) is 0 Å². The lowest BCUT2D eigenvalue weighted by Crippen LogP contribution is -2.57. The Labute approximate surface area is 120 Å². The molecule has 0 aromatic carbocycles. The SMILES string of the molecule is CCC1CN(CC(=O)NCc2ccco2)C(CC)CN1.